The van der Waals surface area contributed by atoms with E-state index >= 15 is 0 Å². The summed E-state index contributed by atoms with van der Waals surface area (Å²) in [4.78, 5) is 27.8. The minimum atomic E-state index is -0.363. The molecule has 3 aromatic rings. The maximum Gasteiger partial charge on any atom is 0.415 e. The van der Waals surface area contributed by atoms with E-state index in [1.807, 2.05) is 22.2 Å². The highest BCUT2D eigenvalue weighted by Gasteiger charge is 2.37. The smallest absolute Gasteiger partial charge is 0.415 e. The van der Waals surface area contributed by atoms with Crippen LogP contribution in [0.4, 0.5) is 16.6 Å². The molecule has 0 saturated carbocycles. The minimum Gasteiger partial charge on any atom is -0.447 e. The highest BCUT2D eigenvalue weighted by atomic mass is 32.1. The first-order valence-electron chi connectivity index (χ1n) is 8.06. The van der Waals surface area contributed by atoms with Gasteiger partial charge in [-0.1, -0.05) is 13.8 Å². The van der Waals surface area contributed by atoms with Crippen molar-refractivity contribution in [1.29, 1.82) is 0 Å². The zero-order valence-electron chi connectivity index (χ0n) is 13.9. The lowest BCUT2D eigenvalue weighted by Gasteiger charge is -2.23. The van der Waals surface area contributed by atoms with Crippen molar-refractivity contribution in [3.8, 4) is 0 Å². The normalized spacial score (nSPS) is 17.5. The predicted octanol–water partition coefficient (Wildman–Crippen LogP) is 2.78. The molecule has 1 aliphatic rings. The number of nitrogens with zero attached hydrogens (tertiary/aromatic N) is 5. The van der Waals surface area contributed by atoms with Crippen LogP contribution in [0.25, 0.3) is 4.96 Å². The summed E-state index contributed by atoms with van der Waals surface area (Å²) in [5.41, 5.74) is 0.904. The molecule has 9 heteroatoms. The van der Waals surface area contributed by atoms with Crippen LogP contribution in [-0.2, 0) is 11.3 Å². The Bertz CT molecular complexity index is 876. The van der Waals surface area contributed by atoms with Gasteiger partial charge in [-0.15, -0.1) is 11.3 Å². The topological polar surface area (TPSA) is 84.7 Å². The quantitative estimate of drug-likeness (QED) is 0.755. The number of carbonyl (C=O) groups excluding carboxylic acids is 1. The summed E-state index contributed by atoms with van der Waals surface area (Å²) in [7, 11) is 0. The number of imidazole rings is 1. The van der Waals surface area contributed by atoms with Crippen LogP contribution in [0.3, 0.4) is 0 Å². The first-order chi connectivity index (χ1) is 12.1. The van der Waals surface area contributed by atoms with E-state index in [-0.39, 0.29) is 18.1 Å². The molecule has 8 nitrogen and oxygen atoms in total. The third-order valence-corrected chi connectivity index (χ3v) is 4.90. The van der Waals surface area contributed by atoms with Gasteiger partial charge < -0.3 is 10.1 Å². The second-order valence-electron chi connectivity index (χ2n) is 6.18. The molecule has 4 rings (SSSR count). The van der Waals surface area contributed by atoms with Crippen molar-refractivity contribution in [3.63, 3.8) is 0 Å². The molecular formula is C16H18N6O2S. The van der Waals surface area contributed by atoms with Crippen LogP contribution in [0.1, 0.15) is 19.5 Å². The van der Waals surface area contributed by atoms with E-state index in [1.165, 1.54) is 0 Å². The molecule has 1 unspecified atom stereocenters. The van der Waals surface area contributed by atoms with Gasteiger partial charge in [-0.2, -0.15) is 4.98 Å². The van der Waals surface area contributed by atoms with E-state index in [0.717, 1.165) is 10.7 Å². The number of carbonyl (C=O) groups is 1. The number of hydrogen-bond donors (Lipinski definition) is 1. The number of fused-ring (bicyclic) bond motifs is 1. The fourth-order valence-corrected chi connectivity index (χ4v) is 3.51. The largest absolute Gasteiger partial charge is 0.447 e. The van der Waals surface area contributed by atoms with E-state index in [1.54, 1.807) is 28.5 Å². The third kappa shape index (κ3) is 3.02. The maximum atomic E-state index is 12.1. The second kappa shape index (κ2) is 6.32. The standard InChI is InChI=1S/C16H18N6O2S/c1-10(2)12-9-24-16(23)22(12)13-3-4-17-14(20-13)18-7-11-8-21-5-6-25-15(21)19-11/h3-6,8,10,12H,7,9H2,1-2H3,(H,17,18,20). The van der Waals surface area contributed by atoms with Crippen LogP contribution < -0.4 is 10.2 Å². The molecule has 1 amide bonds. The number of hydrogen-bond acceptors (Lipinski definition) is 7. The molecule has 3 aromatic heterocycles. The summed E-state index contributed by atoms with van der Waals surface area (Å²) in [5, 5.41) is 5.15. The lowest BCUT2D eigenvalue weighted by molar-refractivity contribution is 0.177. The monoisotopic (exact) mass is 358 g/mol. The summed E-state index contributed by atoms with van der Waals surface area (Å²) >= 11 is 1.59. The molecule has 4 heterocycles. The molecule has 1 saturated heterocycles. The van der Waals surface area contributed by atoms with Gasteiger partial charge in [0.25, 0.3) is 0 Å². The Morgan fingerprint density at radius 3 is 3.12 bits per heavy atom. The summed E-state index contributed by atoms with van der Waals surface area (Å²) in [6.45, 7) is 5.01. The highest BCUT2D eigenvalue weighted by molar-refractivity contribution is 7.15. The number of ether oxygens (including phenoxy) is 1. The minimum absolute atomic E-state index is 0.0184. The van der Waals surface area contributed by atoms with Gasteiger partial charge in [-0.3, -0.25) is 9.30 Å². The van der Waals surface area contributed by atoms with Gasteiger partial charge in [-0.05, 0) is 12.0 Å². The number of cyclic esters (lactones) is 1. The van der Waals surface area contributed by atoms with E-state index in [0.29, 0.717) is 24.9 Å². The Balaban J connectivity index is 1.51. The highest BCUT2D eigenvalue weighted by Crippen LogP contribution is 2.25. The van der Waals surface area contributed by atoms with Gasteiger partial charge in [0.1, 0.15) is 12.4 Å². The Morgan fingerprint density at radius 1 is 1.44 bits per heavy atom. The number of anilines is 2. The molecule has 1 atom stereocenters. The average Bonchev–Trinajstić information content (AvgIpc) is 3.27. The van der Waals surface area contributed by atoms with Gasteiger partial charge in [0.15, 0.2) is 4.96 Å². The van der Waals surface area contributed by atoms with Crippen molar-refractivity contribution in [2.24, 2.45) is 5.92 Å². The van der Waals surface area contributed by atoms with Crippen LogP contribution >= 0.6 is 11.3 Å². The first-order valence-corrected chi connectivity index (χ1v) is 8.94. The maximum absolute atomic E-state index is 12.1. The Hall–Kier alpha value is -2.68. The fourth-order valence-electron chi connectivity index (χ4n) is 2.79. The lowest BCUT2D eigenvalue weighted by Crippen LogP contribution is -2.37. The van der Waals surface area contributed by atoms with Crippen molar-refractivity contribution < 1.29 is 9.53 Å². The SMILES string of the molecule is CC(C)C1COC(=O)N1c1ccnc(NCc2cn3ccsc3n2)n1. The molecule has 1 N–H and O–H groups in total. The molecule has 130 valence electrons. The van der Waals surface area contributed by atoms with Crippen LogP contribution in [0.15, 0.2) is 30.0 Å². The number of nitrogens with one attached hydrogen (secondary N) is 1. The van der Waals surface area contributed by atoms with E-state index in [2.05, 4.69) is 34.1 Å². The molecule has 0 spiro atoms. The van der Waals surface area contributed by atoms with E-state index < -0.39 is 0 Å². The summed E-state index contributed by atoms with van der Waals surface area (Å²) in [6, 6.07) is 1.70. The molecule has 25 heavy (non-hydrogen) atoms. The molecular weight excluding hydrogens is 340 g/mol. The number of thiazole rings is 1. The molecule has 0 bridgehead atoms. The van der Waals surface area contributed by atoms with E-state index in [4.69, 9.17) is 4.74 Å². The van der Waals surface area contributed by atoms with Crippen molar-refractivity contribution in [3.05, 3.63) is 35.7 Å². The fraction of sp³-hybridized carbons (Fsp3) is 0.375. The third-order valence-electron chi connectivity index (χ3n) is 4.13. The van der Waals surface area contributed by atoms with Gasteiger partial charge in [0, 0.05) is 24.0 Å². The van der Waals surface area contributed by atoms with Crippen molar-refractivity contribution in [2.75, 3.05) is 16.8 Å². The van der Waals surface area contributed by atoms with Gasteiger partial charge in [0.2, 0.25) is 5.95 Å². The first kappa shape index (κ1) is 15.8. The summed E-state index contributed by atoms with van der Waals surface area (Å²) in [5.74, 6) is 1.27. The van der Waals surface area contributed by atoms with Crippen LogP contribution in [0.2, 0.25) is 0 Å². The van der Waals surface area contributed by atoms with E-state index in [9.17, 15) is 4.79 Å². The van der Waals surface area contributed by atoms with Crippen molar-refractivity contribution >= 4 is 34.2 Å². The van der Waals surface area contributed by atoms with Gasteiger partial charge >= 0.3 is 6.09 Å². The van der Waals surface area contributed by atoms with Crippen LogP contribution in [-0.4, -0.2) is 38.1 Å². The number of aromatic nitrogens is 4. The number of rotatable bonds is 5. The van der Waals surface area contributed by atoms with Crippen molar-refractivity contribution in [1.82, 2.24) is 19.4 Å². The number of amides is 1. The summed E-state index contributed by atoms with van der Waals surface area (Å²) in [6.07, 6.45) is 5.21. The zero-order valence-corrected chi connectivity index (χ0v) is 14.7. The Labute approximate surface area is 148 Å². The van der Waals surface area contributed by atoms with Gasteiger partial charge in [0.05, 0.1) is 18.3 Å². The Kier molecular flexibility index (Phi) is 4.00. The predicted molar refractivity (Wildman–Crippen MR) is 94.9 cm³/mol. The summed E-state index contributed by atoms with van der Waals surface area (Å²) < 4.78 is 7.16. The second-order valence-corrected chi connectivity index (χ2v) is 7.05. The molecule has 1 aliphatic heterocycles. The molecule has 0 aliphatic carbocycles. The average molecular weight is 358 g/mol. The Morgan fingerprint density at radius 2 is 2.32 bits per heavy atom. The molecule has 1 fully saturated rings. The van der Waals surface area contributed by atoms with Gasteiger partial charge in [-0.25, -0.2) is 14.8 Å². The molecule has 0 radical (unpaired) electrons. The van der Waals surface area contributed by atoms with Crippen molar-refractivity contribution in [2.45, 2.75) is 26.4 Å². The lowest BCUT2D eigenvalue weighted by atomic mass is 10.0. The molecule has 0 aromatic carbocycles. The zero-order chi connectivity index (χ0) is 17.4. The van der Waals surface area contributed by atoms with Crippen LogP contribution in [0.5, 0.6) is 0 Å². The van der Waals surface area contributed by atoms with Crippen LogP contribution in [0, 0.1) is 5.92 Å².